The van der Waals surface area contributed by atoms with Crippen molar-refractivity contribution in [1.82, 2.24) is 18.9 Å². The van der Waals surface area contributed by atoms with Crippen molar-refractivity contribution in [3.63, 3.8) is 0 Å². The van der Waals surface area contributed by atoms with E-state index in [0.29, 0.717) is 35.2 Å². The van der Waals surface area contributed by atoms with Gasteiger partial charge in [-0.1, -0.05) is 44.9 Å². The zero-order valence-corrected chi connectivity index (χ0v) is 24.5. The fourth-order valence-electron chi connectivity index (χ4n) is 3.63. The number of rotatable bonds is 13. The van der Waals surface area contributed by atoms with Crippen LogP contribution in [0.3, 0.4) is 0 Å². The number of unbranched alkanes of at least 4 members (excludes halogenated alkanes) is 2. The Balaban J connectivity index is 0.00000800. The molecular weight excluding hydrogens is 539 g/mol. The van der Waals surface area contributed by atoms with Crippen LogP contribution in [0.2, 0.25) is 0 Å². The molecule has 1 fully saturated rings. The zero-order valence-electron chi connectivity index (χ0n) is 22.5. The number of carboxylic acid groups (broad SMARTS) is 2. The molecule has 2 heterocycles. The molecule has 4 amide bonds. The molecular formula is C25H29N4NaO10. The number of hydrogen-bond acceptors (Lipinski definition) is 8. The predicted octanol–water partition coefficient (Wildman–Crippen LogP) is -2.86. The summed E-state index contributed by atoms with van der Waals surface area (Å²) in [6.07, 6.45) is 7.96. The van der Waals surface area contributed by atoms with E-state index in [1.54, 1.807) is 0 Å². The van der Waals surface area contributed by atoms with Crippen molar-refractivity contribution in [3.05, 3.63) is 56.3 Å². The van der Waals surface area contributed by atoms with Crippen molar-refractivity contribution in [1.29, 1.82) is 0 Å². The van der Waals surface area contributed by atoms with E-state index in [2.05, 4.69) is 0 Å². The van der Waals surface area contributed by atoms with E-state index < -0.39 is 71.1 Å². The summed E-state index contributed by atoms with van der Waals surface area (Å²) in [5, 5.41) is 30.9. The second-order valence-electron chi connectivity index (χ2n) is 8.49. The molecule has 1 aromatic rings. The molecule has 40 heavy (non-hydrogen) atoms. The zero-order chi connectivity index (χ0) is 29.3. The van der Waals surface area contributed by atoms with Crippen molar-refractivity contribution in [2.75, 3.05) is 13.1 Å². The molecule has 1 aliphatic rings. The summed E-state index contributed by atoms with van der Waals surface area (Å²) in [6.45, 7) is 1.76. The Labute approximate surface area is 250 Å². The van der Waals surface area contributed by atoms with Gasteiger partial charge in [0.15, 0.2) is 0 Å². The number of barbiturate groups is 1. The van der Waals surface area contributed by atoms with Crippen molar-refractivity contribution >= 4 is 35.9 Å². The molecule has 0 spiro atoms. The van der Waals surface area contributed by atoms with E-state index >= 15 is 0 Å². The number of carbonyl (C=O) groups excluding carboxylic acids is 3. The standard InChI is InChI=1S/C25H30N4O10.Na/c1-3-5-12-26-20(34)16(22(36)28(24(26)38)14-18(30)31)10-8-7-9-11-17-21(35)27(13-6-4-2)25(39)29(23(17)37)15-19(32)33;/h7-11,34H,3-6,12-15H2,1-2H3,(H,30,31)(H,32,33);/q;+1/p-1/b9-7+,10-8+,17-11-;. The predicted molar refractivity (Wildman–Crippen MR) is 135 cm³/mol. The van der Waals surface area contributed by atoms with Gasteiger partial charge in [-0.3, -0.25) is 28.9 Å². The Kier molecular flexibility index (Phi) is 13.5. The van der Waals surface area contributed by atoms with Gasteiger partial charge in [-0.05, 0) is 30.9 Å². The average Bonchev–Trinajstić information content (AvgIpc) is 2.87. The number of carboxylic acids is 2. The van der Waals surface area contributed by atoms with Gasteiger partial charge in [-0.25, -0.2) is 19.1 Å². The maximum Gasteiger partial charge on any atom is 1.00 e. The van der Waals surface area contributed by atoms with Crippen LogP contribution in [0, 0.1) is 0 Å². The van der Waals surface area contributed by atoms with Gasteiger partial charge < -0.3 is 19.9 Å². The first-order chi connectivity index (χ1) is 18.5. The molecule has 2 N–H and O–H groups in total. The second kappa shape index (κ2) is 15.7. The van der Waals surface area contributed by atoms with E-state index in [-0.39, 0.29) is 42.6 Å². The fourth-order valence-corrected chi connectivity index (χ4v) is 3.63. The Bertz CT molecular complexity index is 1370. The topological polar surface area (TPSA) is 199 Å². The van der Waals surface area contributed by atoms with Crippen LogP contribution in [0.4, 0.5) is 4.79 Å². The van der Waals surface area contributed by atoms with Gasteiger partial charge in [-0.2, -0.15) is 0 Å². The summed E-state index contributed by atoms with van der Waals surface area (Å²) in [5.74, 6) is -5.76. The maximum absolute atomic E-state index is 12.8. The van der Waals surface area contributed by atoms with Crippen LogP contribution in [0.25, 0.3) is 6.08 Å². The smallest absolute Gasteiger partial charge is 0.859 e. The average molecular weight is 569 g/mol. The van der Waals surface area contributed by atoms with Gasteiger partial charge in [0.1, 0.15) is 18.7 Å². The summed E-state index contributed by atoms with van der Waals surface area (Å²) in [7, 11) is 0. The van der Waals surface area contributed by atoms with Gasteiger partial charge in [0.2, 0.25) is 0 Å². The first kappa shape index (κ1) is 34.3. The van der Waals surface area contributed by atoms with Crippen LogP contribution >= 0.6 is 0 Å². The third-order valence-corrected chi connectivity index (χ3v) is 5.63. The van der Waals surface area contributed by atoms with Gasteiger partial charge in [0, 0.05) is 18.7 Å². The Morgan fingerprint density at radius 2 is 1.38 bits per heavy atom. The van der Waals surface area contributed by atoms with E-state index in [1.807, 2.05) is 13.8 Å². The third kappa shape index (κ3) is 8.13. The van der Waals surface area contributed by atoms with Crippen LogP contribution < -0.4 is 45.9 Å². The minimum absolute atomic E-state index is 0. The molecule has 210 valence electrons. The first-order valence-electron chi connectivity index (χ1n) is 12.2. The van der Waals surface area contributed by atoms with Gasteiger partial charge in [0.25, 0.3) is 17.4 Å². The van der Waals surface area contributed by atoms with Crippen LogP contribution in [0.1, 0.15) is 45.1 Å². The number of allylic oxidation sites excluding steroid dienone is 4. The van der Waals surface area contributed by atoms with Crippen LogP contribution in [-0.2, 0) is 32.3 Å². The molecule has 0 saturated carbocycles. The number of amides is 4. The summed E-state index contributed by atoms with van der Waals surface area (Å²) in [4.78, 5) is 86.6. The Hall–Kier alpha value is -3.75. The molecule has 0 atom stereocenters. The molecule has 0 aliphatic carbocycles. The maximum atomic E-state index is 12.8. The molecule has 0 bridgehead atoms. The van der Waals surface area contributed by atoms with Crippen molar-refractivity contribution in [2.24, 2.45) is 0 Å². The SMILES string of the molecule is CCCCN1C(=O)/C(=C/C=C/C=C/c2c([O-])n(CCCC)c(=O)n(CC(=O)O)c2=O)C(=O)N(CC(=O)O)C1=O.[Na+]. The summed E-state index contributed by atoms with van der Waals surface area (Å²) >= 11 is 0. The van der Waals surface area contributed by atoms with Crippen LogP contribution in [0.5, 0.6) is 5.88 Å². The number of hydrogen-bond donors (Lipinski definition) is 2. The molecule has 0 radical (unpaired) electrons. The van der Waals surface area contributed by atoms with E-state index in [4.69, 9.17) is 10.2 Å². The van der Waals surface area contributed by atoms with E-state index in [9.17, 15) is 38.7 Å². The monoisotopic (exact) mass is 568 g/mol. The molecule has 1 saturated heterocycles. The Morgan fingerprint density at radius 3 is 1.95 bits per heavy atom. The number of aliphatic carboxylic acids is 2. The fraction of sp³-hybridized carbons (Fsp3) is 0.400. The normalized spacial score (nSPS) is 14.9. The van der Waals surface area contributed by atoms with Crippen molar-refractivity contribution in [3.8, 4) is 5.88 Å². The minimum atomic E-state index is -1.44. The number of nitrogens with zero attached hydrogens (tertiary/aromatic N) is 4. The van der Waals surface area contributed by atoms with Gasteiger partial charge in [-0.15, -0.1) is 0 Å². The molecule has 1 aliphatic heterocycles. The molecule has 0 unspecified atom stereocenters. The van der Waals surface area contributed by atoms with Gasteiger partial charge >= 0.3 is 53.2 Å². The number of imide groups is 2. The van der Waals surface area contributed by atoms with Crippen molar-refractivity contribution < 1.29 is 68.8 Å². The summed E-state index contributed by atoms with van der Waals surface area (Å²) in [6, 6.07) is -1.03. The summed E-state index contributed by atoms with van der Waals surface area (Å²) in [5.41, 5.74) is -3.04. The molecule has 2 rings (SSSR count). The van der Waals surface area contributed by atoms with Gasteiger partial charge in [0.05, 0.1) is 0 Å². The number of carbonyl (C=O) groups is 5. The van der Waals surface area contributed by atoms with E-state index in [1.165, 1.54) is 18.2 Å². The number of aromatic nitrogens is 2. The quantitative estimate of drug-likeness (QED) is 0.108. The second-order valence-corrected chi connectivity index (χ2v) is 8.49. The van der Waals surface area contributed by atoms with Crippen molar-refractivity contribution in [2.45, 2.75) is 52.6 Å². The Morgan fingerprint density at radius 1 is 0.800 bits per heavy atom. The van der Waals surface area contributed by atoms with Crippen LogP contribution in [-0.4, -0.2) is 72.0 Å². The summed E-state index contributed by atoms with van der Waals surface area (Å²) < 4.78 is 1.24. The van der Waals surface area contributed by atoms with Crippen LogP contribution in [0.15, 0.2) is 39.5 Å². The van der Waals surface area contributed by atoms with E-state index in [0.717, 1.165) is 21.6 Å². The largest absolute Gasteiger partial charge is 1.00 e. The molecule has 15 heteroatoms. The molecule has 0 aromatic carbocycles. The number of urea groups is 1. The molecule has 1 aromatic heterocycles. The third-order valence-electron chi connectivity index (χ3n) is 5.63. The molecule has 14 nitrogen and oxygen atoms in total. The first-order valence-corrected chi connectivity index (χ1v) is 12.2. The minimum Gasteiger partial charge on any atom is -0.859 e.